The van der Waals surface area contributed by atoms with Crippen LogP contribution in [-0.2, 0) is 9.59 Å². The first-order valence-electron chi connectivity index (χ1n) is 2.57. The first kappa shape index (κ1) is 10.3. The van der Waals surface area contributed by atoms with Crippen molar-refractivity contribution in [2.75, 3.05) is 0 Å². The monoisotopic (exact) mass is 196 g/mol. The van der Waals surface area contributed by atoms with Gasteiger partial charge in [0.1, 0.15) is 10.2 Å². The lowest BCUT2D eigenvalue weighted by molar-refractivity contribution is -0.121. The van der Waals surface area contributed by atoms with E-state index in [9.17, 15) is 9.59 Å². The largest absolute Gasteiger partial charge is 0.364 e. The topological polar surface area (TPSA) is 72.2 Å². The summed E-state index contributed by atoms with van der Waals surface area (Å²) in [5.41, 5.74) is 4.51. The minimum Gasteiger partial charge on any atom is -0.364 e. The van der Waals surface area contributed by atoms with Gasteiger partial charge in [-0.2, -0.15) is 0 Å². The van der Waals surface area contributed by atoms with Crippen LogP contribution in [0.3, 0.4) is 0 Å². The molecule has 0 heterocycles. The van der Waals surface area contributed by atoms with Crippen molar-refractivity contribution in [2.45, 2.75) is 6.92 Å². The van der Waals surface area contributed by atoms with E-state index in [4.69, 9.17) is 28.9 Å². The molecule has 0 aliphatic rings. The van der Waals surface area contributed by atoms with Crippen molar-refractivity contribution in [2.24, 2.45) is 5.73 Å². The molecule has 0 aromatic rings. The van der Waals surface area contributed by atoms with E-state index < -0.39 is 11.8 Å². The van der Waals surface area contributed by atoms with Crippen molar-refractivity contribution >= 4 is 35.0 Å². The zero-order chi connectivity index (χ0) is 9.02. The summed E-state index contributed by atoms with van der Waals surface area (Å²) in [7, 11) is 0. The average Bonchev–Trinajstić information content (AvgIpc) is 1.81. The van der Waals surface area contributed by atoms with Crippen molar-refractivity contribution in [3.05, 3.63) is 10.2 Å². The summed E-state index contributed by atoms with van der Waals surface area (Å²) in [5, 5.41) is 2.08. The van der Waals surface area contributed by atoms with Crippen LogP contribution in [0.1, 0.15) is 6.92 Å². The Balaban J connectivity index is 4.52. The fourth-order valence-electron chi connectivity index (χ4n) is 0.378. The SMILES string of the molecule is CC(=O)NC(C(N)=O)=C(Cl)Cl. The summed E-state index contributed by atoms with van der Waals surface area (Å²) in [6.45, 7) is 1.21. The molecule has 62 valence electrons. The number of carbonyl (C=O) groups is 2. The molecule has 0 unspecified atom stereocenters. The molecule has 0 rings (SSSR count). The van der Waals surface area contributed by atoms with Crippen LogP contribution in [0.4, 0.5) is 0 Å². The molecule has 0 aromatic carbocycles. The van der Waals surface area contributed by atoms with Gasteiger partial charge < -0.3 is 11.1 Å². The maximum Gasteiger partial charge on any atom is 0.267 e. The molecule has 11 heavy (non-hydrogen) atoms. The number of nitrogens with two attached hydrogens (primary N) is 1. The third kappa shape index (κ3) is 3.85. The van der Waals surface area contributed by atoms with Crippen LogP contribution in [0.5, 0.6) is 0 Å². The number of hydrogen-bond acceptors (Lipinski definition) is 2. The Morgan fingerprint density at radius 3 is 1.91 bits per heavy atom. The van der Waals surface area contributed by atoms with Crippen molar-refractivity contribution in [1.82, 2.24) is 5.32 Å². The molecule has 0 aliphatic heterocycles. The summed E-state index contributed by atoms with van der Waals surface area (Å²) in [4.78, 5) is 20.8. The molecule has 0 saturated carbocycles. The van der Waals surface area contributed by atoms with E-state index in [0.717, 1.165) is 0 Å². The Morgan fingerprint density at radius 1 is 1.36 bits per heavy atom. The number of rotatable bonds is 2. The Labute approximate surface area is 73.3 Å². The minimum absolute atomic E-state index is 0.291. The molecule has 6 heteroatoms. The molecule has 0 fully saturated rings. The zero-order valence-electron chi connectivity index (χ0n) is 5.65. The van der Waals surface area contributed by atoms with Gasteiger partial charge in [0.25, 0.3) is 5.91 Å². The quantitative estimate of drug-likeness (QED) is 0.623. The second-order valence-electron chi connectivity index (χ2n) is 1.68. The maximum atomic E-state index is 10.5. The fourth-order valence-corrected chi connectivity index (χ4v) is 0.659. The molecule has 0 spiro atoms. The van der Waals surface area contributed by atoms with Crippen LogP contribution in [0.15, 0.2) is 10.2 Å². The first-order chi connectivity index (χ1) is 4.95. The number of nitrogens with one attached hydrogen (secondary N) is 1. The second kappa shape index (κ2) is 4.20. The summed E-state index contributed by atoms with van der Waals surface area (Å²) in [5.74, 6) is -1.34. The van der Waals surface area contributed by atoms with E-state index in [1.165, 1.54) is 6.92 Å². The van der Waals surface area contributed by atoms with Crippen LogP contribution in [0.25, 0.3) is 0 Å². The van der Waals surface area contributed by atoms with Crippen LogP contribution in [-0.4, -0.2) is 11.8 Å². The summed E-state index contributed by atoms with van der Waals surface area (Å²) >= 11 is 10.4. The number of primary amides is 1. The predicted octanol–water partition coefficient (Wildman–Crippen LogP) is 0.255. The number of halogens is 2. The normalized spacial score (nSPS) is 8.64. The molecular weight excluding hydrogens is 191 g/mol. The van der Waals surface area contributed by atoms with Gasteiger partial charge in [0.15, 0.2) is 0 Å². The second-order valence-corrected chi connectivity index (χ2v) is 2.63. The molecule has 0 saturated heterocycles. The Kier molecular flexibility index (Phi) is 3.92. The lowest BCUT2D eigenvalue weighted by Crippen LogP contribution is -2.29. The lowest BCUT2D eigenvalue weighted by atomic mass is 10.4. The highest BCUT2D eigenvalue weighted by Gasteiger charge is 2.10. The first-order valence-corrected chi connectivity index (χ1v) is 3.33. The molecule has 0 atom stereocenters. The highest BCUT2D eigenvalue weighted by Crippen LogP contribution is 2.10. The highest BCUT2D eigenvalue weighted by molar-refractivity contribution is 6.57. The lowest BCUT2D eigenvalue weighted by Gasteiger charge is -2.01. The van der Waals surface area contributed by atoms with Gasteiger partial charge in [0.05, 0.1) is 0 Å². The van der Waals surface area contributed by atoms with Crippen LogP contribution < -0.4 is 11.1 Å². The smallest absolute Gasteiger partial charge is 0.267 e. The van der Waals surface area contributed by atoms with E-state index in [1.54, 1.807) is 0 Å². The molecular formula is C5H6Cl2N2O2. The van der Waals surface area contributed by atoms with Gasteiger partial charge in [-0.1, -0.05) is 23.2 Å². The van der Waals surface area contributed by atoms with Crippen molar-refractivity contribution in [1.29, 1.82) is 0 Å². The number of amides is 2. The van der Waals surface area contributed by atoms with Crippen LogP contribution in [0.2, 0.25) is 0 Å². The molecule has 0 radical (unpaired) electrons. The average molecular weight is 197 g/mol. The van der Waals surface area contributed by atoms with Crippen molar-refractivity contribution in [3.63, 3.8) is 0 Å². The molecule has 3 N–H and O–H groups in total. The Bertz CT molecular complexity index is 221. The van der Waals surface area contributed by atoms with Gasteiger partial charge in [0.2, 0.25) is 5.91 Å². The number of hydrogen-bond donors (Lipinski definition) is 2. The Morgan fingerprint density at radius 2 is 1.82 bits per heavy atom. The van der Waals surface area contributed by atoms with Gasteiger partial charge in [-0.15, -0.1) is 0 Å². The summed E-state index contributed by atoms with van der Waals surface area (Å²) < 4.78 is -0.354. The van der Waals surface area contributed by atoms with Gasteiger partial charge in [-0.25, -0.2) is 0 Å². The van der Waals surface area contributed by atoms with Gasteiger partial charge in [-0.05, 0) is 0 Å². The van der Waals surface area contributed by atoms with Crippen LogP contribution >= 0.6 is 23.2 Å². The van der Waals surface area contributed by atoms with Crippen molar-refractivity contribution < 1.29 is 9.59 Å². The molecule has 0 aliphatic carbocycles. The van der Waals surface area contributed by atoms with E-state index in [1.807, 2.05) is 0 Å². The van der Waals surface area contributed by atoms with Gasteiger partial charge in [0, 0.05) is 6.92 Å². The van der Waals surface area contributed by atoms with Crippen LogP contribution in [0, 0.1) is 0 Å². The summed E-state index contributed by atoms with van der Waals surface area (Å²) in [6, 6.07) is 0. The van der Waals surface area contributed by atoms with E-state index >= 15 is 0 Å². The maximum absolute atomic E-state index is 10.5. The molecule has 2 amide bonds. The van der Waals surface area contributed by atoms with Crippen molar-refractivity contribution in [3.8, 4) is 0 Å². The fraction of sp³-hybridized carbons (Fsp3) is 0.200. The predicted molar refractivity (Wildman–Crippen MR) is 41.7 cm³/mol. The minimum atomic E-state index is -0.875. The number of carbonyl (C=O) groups excluding carboxylic acids is 2. The van der Waals surface area contributed by atoms with E-state index in [0.29, 0.717) is 0 Å². The third-order valence-electron chi connectivity index (χ3n) is 0.736. The van der Waals surface area contributed by atoms with E-state index in [-0.39, 0.29) is 10.2 Å². The standard InChI is InChI=1S/C5H6Cl2N2O2/c1-2(10)9-3(4(6)7)5(8)11/h1H3,(H2,8,11)(H,9,10). The van der Waals surface area contributed by atoms with Gasteiger partial charge >= 0.3 is 0 Å². The van der Waals surface area contributed by atoms with Gasteiger partial charge in [-0.3, -0.25) is 9.59 Å². The Hall–Kier alpha value is -0.740. The summed E-state index contributed by atoms with van der Waals surface area (Å²) in [6.07, 6.45) is 0. The molecule has 4 nitrogen and oxygen atoms in total. The molecule has 0 bridgehead atoms. The van der Waals surface area contributed by atoms with E-state index in [2.05, 4.69) is 5.32 Å². The third-order valence-corrected chi connectivity index (χ3v) is 1.11. The highest BCUT2D eigenvalue weighted by atomic mass is 35.5. The zero-order valence-corrected chi connectivity index (χ0v) is 7.16. The molecule has 0 aromatic heterocycles.